The van der Waals surface area contributed by atoms with E-state index in [0.29, 0.717) is 11.8 Å². The molecule has 0 heterocycles. The van der Waals surface area contributed by atoms with Gasteiger partial charge in [-0.2, -0.15) is 0 Å². The lowest BCUT2D eigenvalue weighted by Gasteiger charge is -2.28. The van der Waals surface area contributed by atoms with Crippen molar-refractivity contribution in [1.29, 1.82) is 0 Å². The van der Waals surface area contributed by atoms with Crippen LogP contribution in [0.15, 0.2) is 36.4 Å². The van der Waals surface area contributed by atoms with Gasteiger partial charge in [0.1, 0.15) is 17.7 Å². The summed E-state index contributed by atoms with van der Waals surface area (Å²) in [5, 5.41) is 2.27. The van der Waals surface area contributed by atoms with Crippen LogP contribution in [-0.4, -0.2) is 40.8 Å². The molecule has 2 rings (SSSR count). The van der Waals surface area contributed by atoms with Gasteiger partial charge in [0.25, 0.3) is 0 Å². The van der Waals surface area contributed by atoms with E-state index in [9.17, 15) is 22.0 Å². The van der Waals surface area contributed by atoms with E-state index in [0.717, 1.165) is 22.7 Å². The molecule has 7 nitrogen and oxygen atoms in total. The van der Waals surface area contributed by atoms with Gasteiger partial charge in [-0.1, -0.05) is 0 Å². The van der Waals surface area contributed by atoms with Crippen molar-refractivity contribution in [3.05, 3.63) is 48.0 Å². The number of halogens is 2. The molecule has 0 aliphatic heterocycles. The van der Waals surface area contributed by atoms with Crippen LogP contribution in [0.1, 0.15) is 6.92 Å². The summed E-state index contributed by atoms with van der Waals surface area (Å²) >= 11 is 0. The molecule has 28 heavy (non-hydrogen) atoms. The van der Waals surface area contributed by atoms with Crippen molar-refractivity contribution in [1.82, 2.24) is 0 Å². The number of methoxy groups -OCH3 is 2. The Balaban J connectivity index is 2.39. The molecule has 0 saturated carbocycles. The highest BCUT2D eigenvalue weighted by Crippen LogP contribution is 2.33. The van der Waals surface area contributed by atoms with Crippen LogP contribution < -0.4 is 19.1 Å². The second-order valence-electron chi connectivity index (χ2n) is 5.89. The largest absolute Gasteiger partial charge is 0.493 e. The number of benzene rings is 2. The molecular weight excluding hydrogens is 394 g/mol. The summed E-state index contributed by atoms with van der Waals surface area (Å²) in [6, 6.07) is 5.76. The van der Waals surface area contributed by atoms with E-state index < -0.39 is 33.6 Å². The van der Waals surface area contributed by atoms with Gasteiger partial charge in [0.05, 0.1) is 31.9 Å². The predicted octanol–water partition coefficient (Wildman–Crippen LogP) is 2.78. The number of carbonyl (C=O) groups is 1. The Morgan fingerprint density at radius 3 is 2.25 bits per heavy atom. The molecule has 1 N–H and O–H groups in total. The average molecular weight is 414 g/mol. The zero-order valence-electron chi connectivity index (χ0n) is 15.7. The minimum atomic E-state index is -3.89. The standard InChI is InChI=1S/C18H20F2N2O5S/c1-11(18(23)21-15-7-5-12(19)9-14(15)20)22(28(4,24)25)13-6-8-16(26-2)17(10-13)27-3/h5-11H,1-4H3,(H,21,23)/t11-/m1/s1. The summed E-state index contributed by atoms with van der Waals surface area (Å²) in [6.07, 6.45) is 0.936. The monoisotopic (exact) mass is 414 g/mol. The molecule has 0 aliphatic carbocycles. The van der Waals surface area contributed by atoms with Gasteiger partial charge < -0.3 is 14.8 Å². The number of sulfonamides is 1. The number of amides is 1. The molecule has 1 amide bonds. The van der Waals surface area contributed by atoms with Crippen molar-refractivity contribution >= 4 is 27.3 Å². The fourth-order valence-electron chi connectivity index (χ4n) is 2.60. The van der Waals surface area contributed by atoms with Crippen molar-refractivity contribution in [2.45, 2.75) is 13.0 Å². The number of hydrogen-bond acceptors (Lipinski definition) is 5. The van der Waals surface area contributed by atoms with Crippen molar-refractivity contribution in [2.24, 2.45) is 0 Å². The van der Waals surface area contributed by atoms with Gasteiger partial charge >= 0.3 is 0 Å². The van der Waals surface area contributed by atoms with Crippen LogP contribution in [0.5, 0.6) is 11.5 Å². The van der Waals surface area contributed by atoms with Crippen LogP contribution in [0.25, 0.3) is 0 Å². The summed E-state index contributed by atoms with van der Waals surface area (Å²) in [7, 11) is -1.08. The molecule has 0 saturated heterocycles. The van der Waals surface area contributed by atoms with Crippen LogP contribution in [0.4, 0.5) is 20.2 Å². The van der Waals surface area contributed by atoms with Crippen molar-refractivity contribution in [3.63, 3.8) is 0 Å². The molecule has 2 aromatic carbocycles. The van der Waals surface area contributed by atoms with Gasteiger partial charge in [-0.15, -0.1) is 0 Å². The first kappa shape index (κ1) is 21.4. The van der Waals surface area contributed by atoms with Gasteiger partial charge in [-0.3, -0.25) is 9.10 Å². The molecule has 10 heteroatoms. The first-order chi connectivity index (χ1) is 13.1. The molecule has 0 bridgehead atoms. The van der Waals surface area contributed by atoms with Crippen molar-refractivity contribution in [3.8, 4) is 11.5 Å². The smallest absolute Gasteiger partial charge is 0.248 e. The molecule has 0 spiro atoms. The number of hydrogen-bond donors (Lipinski definition) is 1. The Kier molecular flexibility index (Phi) is 6.45. The maximum atomic E-state index is 13.8. The molecule has 1 atom stereocenters. The Hall–Kier alpha value is -2.88. The van der Waals surface area contributed by atoms with Crippen LogP contribution in [0, 0.1) is 11.6 Å². The molecule has 0 unspecified atom stereocenters. The number of nitrogens with zero attached hydrogens (tertiary/aromatic N) is 1. The molecule has 0 aromatic heterocycles. The Labute approximate surface area is 161 Å². The summed E-state index contributed by atoms with van der Waals surface area (Å²) < 4.78 is 62.7. The highest BCUT2D eigenvalue weighted by Gasteiger charge is 2.30. The average Bonchev–Trinajstić information content (AvgIpc) is 2.62. The molecule has 0 fully saturated rings. The normalized spacial score (nSPS) is 12.2. The van der Waals surface area contributed by atoms with Gasteiger partial charge in [-0.25, -0.2) is 17.2 Å². The lowest BCUT2D eigenvalue weighted by Crippen LogP contribution is -2.45. The molecule has 0 radical (unpaired) electrons. The number of carbonyl (C=O) groups excluding carboxylic acids is 1. The third-order valence-corrected chi connectivity index (χ3v) is 5.14. The maximum Gasteiger partial charge on any atom is 0.248 e. The zero-order chi connectivity index (χ0) is 21.1. The van der Waals surface area contributed by atoms with E-state index in [1.54, 1.807) is 0 Å². The van der Waals surface area contributed by atoms with E-state index >= 15 is 0 Å². The number of anilines is 2. The first-order valence-corrected chi connectivity index (χ1v) is 9.90. The predicted molar refractivity (Wildman–Crippen MR) is 101 cm³/mol. The van der Waals surface area contributed by atoms with Crippen molar-refractivity contribution < 1.29 is 31.5 Å². The maximum absolute atomic E-state index is 13.8. The highest BCUT2D eigenvalue weighted by molar-refractivity contribution is 7.92. The summed E-state index contributed by atoms with van der Waals surface area (Å²) in [4.78, 5) is 12.6. The van der Waals surface area contributed by atoms with E-state index in [4.69, 9.17) is 9.47 Å². The van der Waals surface area contributed by atoms with Crippen LogP contribution in [0.2, 0.25) is 0 Å². The second-order valence-corrected chi connectivity index (χ2v) is 7.75. The second kappa shape index (κ2) is 8.42. The first-order valence-electron chi connectivity index (χ1n) is 8.05. The van der Waals surface area contributed by atoms with Crippen LogP contribution >= 0.6 is 0 Å². The Morgan fingerprint density at radius 1 is 1.07 bits per heavy atom. The fraction of sp³-hybridized carbons (Fsp3) is 0.278. The Bertz CT molecular complexity index is 982. The fourth-order valence-corrected chi connectivity index (χ4v) is 3.77. The van der Waals surface area contributed by atoms with E-state index in [-0.39, 0.29) is 17.1 Å². The number of nitrogens with one attached hydrogen (secondary N) is 1. The molecule has 0 aliphatic rings. The Morgan fingerprint density at radius 2 is 1.71 bits per heavy atom. The van der Waals surface area contributed by atoms with Gasteiger partial charge in [0.2, 0.25) is 15.9 Å². The third kappa shape index (κ3) is 4.69. The SMILES string of the molecule is COc1ccc(N([C@H](C)C(=O)Nc2ccc(F)cc2F)S(C)(=O)=O)cc1OC. The highest BCUT2D eigenvalue weighted by atomic mass is 32.2. The zero-order valence-corrected chi connectivity index (χ0v) is 16.5. The van der Waals surface area contributed by atoms with Crippen LogP contribution in [0.3, 0.4) is 0 Å². The summed E-state index contributed by atoms with van der Waals surface area (Å²) in [5.74, 6) is -1.93. The third-order valence-electron chi connectivity index (χ3n) is 3.90. The van der Waals surface area contributed by atoms with E-state index in [1.165, 1.54) is 39.3 Å². The van der Waals surface area contributed by atoms with E-state index in [2.05, 4.69) is 5.32 Å². The minimum absolute atomic E-state index is 0.155. The van der Waals surface area contributed by atoms with Gasteiger partial charge in [0, 0.05) is 12.1 Å². The summed E-state index contributed by atoms with van der Waals surface area (Å²) in [6.45, 7) is 1.34. The lowest BCUT2D eigenvalue weighted by atomic mass is 10.2. The topological polar surface area (TPSA) is 84.9 Å². The van der Waals surface area contributed by atoms with Gasteiger partial charge in [0.15, 0.2) is 11.5 Å². The quantitative estimate of drug-likeness (QED) is 0.753. The van der Waals surface area contributed by atoms with Crippen LogP contribution in [-0.2, 0) is 14.8 Å². The molecule has 152 valence electrons. The minimum Gasteiger partial charge on any atom is -0.493 e. The lowest BCUT2D eigenvalue weighted by molar-refractivity contribution is -0.116. The molecule has 2 aromatic rings. The molecular formula is C18H20F2N2O5S. The van der Waals surface area contributed by atoms with E-state index in [1.807, 2.05) is 0 Å². The van der Waals surface area contributed by atoms with Crippen molar-refractivity contribution in [2.75, 3.05) is 30.1 Å². The summed E-state index contributed by atoms with van der Waals surface area (Å²) in [5.41, 5.74) is -0.110. The number of rotatable bonds is 7. The van der Waals surface area contributed by atoms with Gasteiger partial charge in [-0.05, 0) is 31.2 Å². The number of ether oxygens (including phenoxy) is 2.